The van der Waals surface area contributed by atoms with E-state index >= 15 is 0 Å². The van der Waals surface area contributed by atoms with Gasteiger partial charge in [-0.15, -0.1) is 0 Å². The highest BCUT2D eigenvalue weighted by Gasteiger charge is 2.95. The second kappa shape index (κ2) is 42.5. The topological polar surface area (TPSA) is 27.7 Å². The van der Waals surface area contributed by atoms with Crippen LogP contribution in [0.25, 0.3) is 0 Å². The number of hydrogen-bond donors (Lipinski definition) is 0. The van der Waals surface area contributed by atoms with E-state index in [1.807, 2.05) is 0 Å². The van der Waals surface area contributed by atoms with Gasteiger partial charge in [-0.25, -0.2) is 4.74 Å². The third kappa shape index (κ3) is 25.2. The summed E-state index contributed by atoms with van der Waals surface area (Å²) in [5.41, 5.74) is 0. The summed E-state index contributed by atoms with van der Waals surface area (Å²) in [5, 5.41) is 0. The Morgan fingerprint density at radius 3 is 0.606 bits per heavy atom. The Balaban J connectivity index is -0.0000000964. The van der Waals surface area contributed by atoms with Gasteiger partial charge < -0.3 is 4.74 Å². The second-order valence-corrected chi connectivity index (χ2v) is 14.5. The Morgan fingerprint density at radius 1 is 0.223 bits per heavy atom. The normalized spacial score (nSPS) is 13.6. The Hall–Kier alpha value is -4.32. The molecule has 63 heteroatoms. The molecule has 588 valence electrons. The van der Waals surface area contributed by atoms with E-state index in [-0.39, 0.29) is 17.7 Å². The highest BCUT2D eigenvalue weighted by atomic mass is 20.0. The van der Waals surface area contributed by atoms with Crippen molar-refractivity contribution >= 4 is 0 Å². The first-order valence-electron chi connectivity index (χ1n) is 19.6. The van der Waals surface area contributed by atoms with Crippen molar-refractivity contribution in [2.75, 3.05) is 13.4 Å². The Kier molecular flexibility index (Phi) is 52.8. The molecule has 0 fully saturated rings. The molecule has 0 aliphatic heterocycles. The van der Waals surface area contributed by atoms with Crippen LogP contribution in [0, 0.1) is 0 Å². The Bertz CT molecular complexity index is 1850. The van der Waals surface area contributed by atoms with Crippen LogP contribution in [0.15, 0.2) is 0 Å². The summed E-state index contributed by atoms with van der Waals surface area (Å²) >= 11 is 0. The van der Waals surface area contributed by atoms with Gasteiger partial charge in [0.25, 0.3) is 0 Å². The van der Waals surface area contributed by atoms with Gasteiger partial charge in [0, 0.05) is 92.6 Å². The number of ether oxygens (including phenoxy) is 3. The molecule has 0 spiro atoms. The zero-order valence-electron chi connectivity index (χ0n) is 42.6. The SMILES string of the molecule is CCCC(F)(F)C(F)(F)C(F)(F)C(F)(F)C(F)(F)C(F)(F)C(F)(F)C(F)(F)F.CCCC(F)(F)C(F)(F)C(F)(F)C(F)(F)C(F)(F)C(F)(F)F.CCCCOCOC(F)(F)C(F)(F)C(F)(F)OC(F)(F)C(F)(F)C(F)(F)F.F.FF.FF.FF.FF.FF.FF.FF.FF. The van der Waals surface area contributed by atoms with Gasteiger partial charge >= 0.3 is 120 Å². The van der Waals surface area contributed by atoms with Gasteiger partial charge in [-0.1, -0.05) is 40.0 Å². The average Bonchev–Trinajstić information content (AvgIpc) is 0.708. The molecule has 0 heterocycles. The molecule has 0 aromatic rings. The minimum atomic E-state index is -8.56. The standard InChI is InChI=1S/C11H7F17.C11H11F13O3.C9H7F13.8F2.FH/c1-2-3-4(12,13)5(14,15)6(16,17)7(18,19)8(20,21)9(22,23)10(24,25)11(26,27)28;1-2-3-4-25-5-26-9(19,20)7(14,15)11(23,24)27-10(21,22)6(12,13)8(16,17)18;1-2-3-4(10,11)5(12,13)6(14,15)7(16,17)8(18,19)9(20,21)22;8*1-2;/h2-3H2,1H3;2-5H2,1H3;2-3H2,1H3;;;;;;;;;1H. The summed E-state index contributed by atoms with van der Waals surface area (Å²) in [6.07, 6.45) is -49.2. The predicted molar refractivity (Wildman–Crippen MR) is 180 cm³/mol. The van der Waals surface area contributed by atoms with Crippen molar-refractivity contribution in [1.82, 2.24) is 0 Å². The fraction of sp³-hybridized carbons (Fsp3) is 1.00. The highest BCUT2D eigenvalue weighted by molar-refractivity contribution is 5.15. The van der Waals surface area contributed by atoms with Crippen molar-refractivity contribution in [2.45, 2.75) is 179 Å². The van der Waals surface area contributed by atoms with Crippen molar-refractivity contribution in [3.05, 3.63) is 0 Å². The average molecular weight is 1590 g/mol. The van der Waals surface area contributed by atoms with E-state index in [4.69, 9.17) is 73.2 Å². The van der Waals surface area contributed by atoms with E-state index in [2.05, 4.69) is 9.47 Å². The maximum atomic E-state index is 13.2. The van der Waals surface area contributed by atoms with Crippen LogP contribution in [0.5, 0.6) is 0 Å². The van der Waals surface area contributed by atoms with Crippen molar-refractivity contribution in [2.24, 2.45) is 0 Å². The van der Waals surface area contributed by atoms with Crippen LogP contribution in [0.2, 0.25) is 0 Å². The lowest BCUT2D eigenvalue weighted by atomic mass is 9.88. The third-order valence-electron chi connectivity index (χ3n) is 8.59. The van der Waals surface area contributed by atoms with E-state index in [1.165, 1.54) is 4.74 Å². The summed E-state index contributed by atoms with van der Waals surface area (Å²) < 4.78 is 680. The van der Waals surface area contributed by atoms with Gasteiger partial charge in [0.05, 0.1) is 0 Å². The Labute approximate surface area is 474 Å². The van der Waals surface area contributed by atoms with E-state index in [0.29, 0.717) is 13.3 Å². The number of alkyl halides is 43. The predicted octanol–water partition coefficient (Wildman–Crippen LogP) is 24.6. The number of unbranched alkanes of at least 4 members (excludes halogenated alkanes) is 1. The zero-order chi connectivity index (χ0) is 79.8. The molecule has 0 bridgehead atoms. The van der Waals surface area contributed by atoms with Gasteiger partial charge in [-0.2, -0.15) is 189 Å². The maximum Gasteiger partial charge on any atom is 0.462 e. The van der Waals surface area contributed by atoms with Gasteiger partial charge in [-0.05, 0) is 6.42 Å². The molecule has 0 atom stereocenters. The minimum Gasteiger partial charge on any atom is -0.355 e. The van der Waals surface area contributed by atoms with E-state index < -0.39 is 152 Å². The fourth-order valence-corrected chi connectivity index (χ4v) is 4.08. The lowest BCUT2D eigenvalue weighted by Crippen LogP contribution is -2.74. The molecule has 0 rings (SSSR count). The number of halogens is 60. The van der Waals surface area contributed by atoms with E-state index in [1.54, 1.807) is 6.92 Å². The van der Waals surface area contributed by atoms with Crippen molar-refractivity contribution in [3.63, 3.8) is 0 Å². The minimum absolute atomic E-state index is 0. The molecule has 3 nitrogen and oxygen atoms in total. The number of rotatable bonds is 25. The lowest BCUT2D eigenvalue weighted by molar-refractivity contribution is -0.524. The molecule has 0 saturated heterocycles. The first-order chi connectivity index (χ1) is 40.9. The van der Waals surface area contributed by atoms with Gasteiger partial charge in [0.15, 0.2) is 6.79 Å². The lowest BCUT2D eigenvalue weighted by Gasteiger charge is -2.42. The van der Waals surface area contributed by atoms with Crippen molar-refractivity contribution in [1.29, 1.82) is 0 Å². The number of hydrogen-bond acceptors (Lipinski definition) is 3. The van der Waals surface area contributed by atoms with Crippen LogP contribution in [0.3, 0.4) is 0 Å². The maximum absolute atomic E-state index is 13.2. The largest absolute Gasteiger partial charge is 0.462 e. The molecule has 0 N–H and O–H groups in total. The first kappa shape index (κ1) is 117. The van der Waals surface area contributed by atoms with Crippen LogP contribution in [0.1, 0.15) is 59.3 Å². The van der Waals surface area contributed by atoms with Gasteiger partial charge in [0.2, 0.25) is 0 Å². The molecular weight excluding hydrogens is 1560 g/mol. The molecule has 0 amide bonds. The van der Waals surface area contributed by atoms with E-state index in [0.717, 1.165) is 6.92 Å². The molecule has 0 aliphatic rings. The first-order valence-corrected chi connectivity index (χ1v) is 19.6. The van der Waals surface area contributed by atoms with Crippen molar-refractivity contribution in [3.8, 4) is 0 Å². The Morgan fingerprint density at radius 2 is 0.415 bits per heavy atom. The quantitative estimate of drug-likeness (QED) is 0.0518. The molecule has 0 aromatic heterocycles. The smallest absolute Gasteiger partial charge is 0.355 e. The molecular formula is C31H26F60O3. The van der Waals surface area contributed by atoms with Gasteiger partial charge in [-0.3, -0.25) is 9.44 Å². The molecule has 0 aliphatic carbocycles. The highest BCUT2D eigenvalue weighted by Crippen LogP contribution is 2.65. The van der Waals surface area contributed by atoms with Crippen LogP contribution in [-0.4, -0.2) is 133 Å². The summed E-state index contributed by atoms with van der Waals surface area (Å²) in [4.78, 5) is 0. The summed E-state index contributed by atoms with van der Waals surface area (Å²) in [5.74, 6) is -106. The fourth-order valence-electron chi connectivity index (χ4n) is 4.08. The summed E-state index contributed by atoms with van der Waals surface area (Å²) in [7, 11) is 0. The second-order valence-electron chi connectivity index (χ2n) is 14.5. The van der Waals surface area contributed by atoms with E-state index in [9.17, 15) is 189 Å². The van der Waals surface area contributed by atoms with Gasteiger partial charge in [0.1, 0.15) is 0 Å². The molecule has 0 unspecified atom stereocenters. The summed E-state index contributed by atoms with van der Waals surface area (Å²) in [6.45, 7) is 0.800. The third-order valence-corrected chi connectivity index (χ3v) is 8.59. The monoisotopic (exact) mass is 1590 g/mol. The molecule has 94 heavy (non-hydrogen) atoms. The molecule has 0 radical (unpaired) electrons. The van der Waals surface area contributed by atoms with Crippen LogP contribution < -0.4 is 0 Å². The zero-order valence-corrected chi connectivity index (χ0v) is 42.6. The molecule has 0 aromatic carbocycles. The van der Waals surface area contributed by atoms with Crippen molar-refractivity contribution < 1.29 is 281 Å². The van der Waals surface area contributed by atoms with Crippen LogP contribution in [-0.2, 0) is 14.2 Å². The summed E-state index contributed by atoms with van der Waals surface area (Å²) in [6, 6.07) is 0. The van der Waals surface area contributed by atoms with Crippen LogP contribution in [0.4, 0.5) is 267 Å². The van der Waals surface area contributed by atoms with Crippen LogP contribution >= 0.6 is 0 Å². The molecule has 0 saturated carbocycles.